The van der Waals surface area contributed by atoms with Gasteiger partial charge in [0.1, 0.15) is 5.69 Å². The summed E-state index contributed by atoms with van der Waals surface area (Å²) in [6.07, 6.45) is 4.64. The number of aliphatic hydroxyl groups is 1. The lowest BCUT2D eigenvalue weighted by molar-refractivity contribution is 0.0644. The Balaban J connectivity index is 2.06. The fourth-order valence-electron chi connectivity index (χ4n) is 2.63. The normalized spacial score (nSPS) is 20.1. The first kappa shape index (κ1) is 13.0. The molecular weight excluding hydrogens is 230 g/mol. The van der Waals surface area contributed by atoms with Gasteiger partial charge >= 0.3 is 0 Å². The molecular formula is C13H21N3O2. The van der Waals surface area contributed by atoms with Crippen LogP contribution in [-0.2, 0) is 7.05 Å². The summed E-state index contributed by atoms with van der Waals surface area (Å²) < 4.78 is 1.77. The molecule has 1 atom stereocenters. The number of anilines is 1. The highest BCUT2D eigenvalue weighted by molar-refractivity contribution is 5.93. The maximum absolute atomic E-state index is 12.4. The monoisotopic (exact) mass is 251 g/mol. The van der Waals surface area contributed by atoms with Gasteiger partial charge in [0.25, 0.3) is 5.91 Å². The van der Waals surface area contributed by atoms with Gasteiger partial charge in [0.05, 0.1) is 5.69 Å². The minimum Gasteiger partial charge on any atom is -0.397 e. The SMILES string of the molecule is Cn1cc(N)cc1C(=O)N1CCCC(CCO)C1. The van der Waals surface area contributed by atoms with Gasteiger partial charge in [-0.15, -0.1) is 0 Å². The molecule has 1 aromatic rings. The Kier molecular flexibility index (Phi) is 3.91. The number of piperidine rings is 1. The molecule has 1 aromatic heterocycles. The molecule has 2 rings (SSSR count). The van der Waals surface area contributed by atoms with Crippen LogP contribution in [0, 0.1) is 5.92 Å². The molecule has 100 valence electrons. The van der Waals surface area contributed by atoms with Gasteiger partial charge in [-0.2, -0.15) is 0 Å². The van der Waals surface area contributed by atoms with E-state index in [0.29, 0.717) is 17.3 Å². The Morgan fingerprint density at radius 2 is 2.39 bits per heavy atom. The number of aromatic nitrogens is 1. The first-order valence-electron chi connectivity index (χ1n) is 6.43. The van der Waals surface area contributed by atoms with Gasteiger partial charge in [0.15, 0.2) is 0 Å². The van der Waals surface area contributed by atoms with Crippen LogP contribution in [0.15, 0.2) is 12.3 Å². The number of hydrogen-bond acceptors (Lipinski definition) is 3. The highest BCUT2D eigenvalue weighted by Crippen LogP contribution is 2.21. The van der Waals surface area contributed by atoms with E-state index in [1.165, 1.54) is 0 Å². The van der Waals surface area contributed by atoms with Crippen LogP contribution >= 0.6 is 0 Å². The number of nitrogens with two attached hydrogens (primary N) is 1. The average molecular weight is 251 g/mol. The summed E-state index contributed by atoms with van der Waals surface area (Å²) in [6, 6.07) is 1.72. The molecule has 0 aliphatic carbocycles. The summed E-state index contributed by atoms with van der Waals surface area (Å²) in [5, 5.41) is 8.98. The quantitative estimate of drug-likeness (QED) is 0.836. The van der Waals surface area contributed by atoms with Crippen molar-refractivity contribution in [1.29, 1.82) is 0 Å². The van der Waals surface area contributed by atoms with Crippen LogP contribution < -0.4 is 5.73 Å². The molecule has 1 fully saturated rings. The Bertz CT molecular complexity index is 426. The lowest BCUT2D eigenvalue weighted by Gasteiger charge is -2.32. The van der Waals surface area contributed by atoms with E-state index in [2.05, 4.69) is 0 Å². The number of nitrogen functional groups attached to an aromatic ring is 1. The van der Waals surface area contributed by atoms with E-state index >= 15 is 0 Å². The van der Waals surface area contributed by atoms with Crippen molar-refractivity contribution in [2.24, 2.45) is 13.0 Å². The summed E-state index contributed by atoms with van der Waals surface area (Å²) in [7, 11) is 1.83. The third-order valence-corrected chi connectivity index (χ3v) is 3.59. The second-order valence-electron chi connectivity index (χ2n) is 5.04. The zero-order valence-corrected chi connectivity index (χ0v) is 10.8. The molecule has 2 heterocycles. The molecule has 5 heteroatoms. The Morgan fingerprint density at radius 1 is 1.61 bits per heavy atom. The molecule has 18 heavy (non-hydrogen) atoms. The van der Waals surface area contributed by atoms with Gasteiger partial charge in [-0.05, 0) is 31.2 Å². The second kappa shape index (κ2) is 5.44. The van der Waals surface area contributed by atoms with Crippen molar-refractivity contribution in [3.05, 3.63) is 18.0 Å². The van der Waals surface area contributed by atoms with Gasteiger partial charge in [0.2, 0.25) is 0 Å². The van der Waals surface area contributed by atoms with Gasteiger partial charge in [-0.3, -0.25) is 4.79 Å². The van der Waals surface area contributed by atoms with Crippen molar-refractivity contribution < 1.29 is 9.90 Å². The van der Waals surface area contributed by atoms with Crippen LogP contribution in [-0.4, -0.2) is 40.2 Å². The zero-order chi connectivity index (χ0) is 13.1. The van der Waals surface area contributed by atoms with E-state index in [-0.39, 0.29) is 12.5 Å². The number of aliphatic hydroxyl groups excluding tert-OH is 1. The standard InChI is InChI=1S/C13H21N3O2/c1-15-9-11(14)7-12(15)13(18)16-5-2-3-10(8-16)4-6-17/h7,9-10,17H,2-6,8,14H2,1H3. The Hall–Kier alpha value is -1.49. The lowest BCUT2D eigenvalue weighted by atomic mass is 9.95. The fourth-order valence-corrected chi connectivity index (χ4v) is 2.63. The molecule has 1 aliphatic heterocycles. The predicted molar refractivity (Wildman–Crippen MR) is 70.2 cm³/mol. The molecule has 0 saturated carbocycles. The number of carbonyl (C=O) groups excluding carboxylic acids is 1. The van der Waals surface area contributed by atoms with E-state index in [0.717, 1.165) is 32.4 Å². The van der Waals surface area contributed by atoms with Gasteiger partial charge < -0.3 is 20.3 Å². The topological polar surface area (TPSA) is 71.5 Å². The van der Waals surface area contributed by atoms with Gasteiger partial charge in [-0.1, -0.05) is 0 Å². The first-order valence-corrected chi connectivity index (χ1v) is 6.43. The zero-order valence-electron chi connectivity index (χ0n) is 10.8. The van der Waals surface area contributed by atoms with E-state index < -0.39 is 0 Å². The minimum atomic E-state index is 0.0387. The summed E-state index contributed by atoms with van der Waals surface area (Å²) in [6.45, 7) is 1.74. The number of likely N-dealkylation sites (tertiary alicyclic amines) is 1. The minimum absolute atomic E-state index is 0.0387. The van der Waals surface area contributed by atoms with E-state index in [9.17, 15) is 4.79 Å². The molecule has 0 bridgehead atoms. The Labute approximate surface area is 107 Å². The van der Waals surface area contributed by atoms with Gasteiger partial charge in [0, 0.05) is 32.9 Å². The number of hydrogen-bond donors (Lipinski definition) is 2. The molecule has 1 saturated heterocycles. The van der Waals surface area contributed by atoms with Crippen LogP contribution in [0.4, 0.5) is 5.69 Å². The van der Waals surface area contributed by atoms with Crippen molar-refractivity contribution in [3.8, 4) is 0 Å². The smallest absolute Gasteiger partial charge is 0.270 e. The van der Waals surface area contributed by atoms with Crippen LogP contribution in [0.2, 0.25) is 0 Å². The van der Waals surface area contributed by atoms with E-state index in [1.54, 1.807) is 16.8 Å². The number of aryl methyl sites for hydroxylation is 1. The van der Waals surface area contributed by atoms with Crippen molar-refractivity contribution in [2.45, 2.75) is 19.3 Å². The van der Waals surface area contributed by atoms with Crippen LogP contribution in [0.1, 0.15) is 29.8 Å². The summed E-state index contributed by atoms with van der Waals surface area (Å²) >= 11 is 0. The molecule has 1 amide bonds. The average Bonchev–Trinajstić information content (AvgIpc) is 2.68. The Morgan fingerprint density at radius 3 is 3.00 bits per heavy atom. The maximum Gasteiger partial charge on any atom is 0.270 e. The summed E-state index contributed by atoms with van der Waals surface area (Å²) in [5.41, 5.74) is 6.95. The number of amides is 1. The van der Waals surface area contributed by atoms with E-state index in [4.69, 9.17) is 10.8 Å². The lowest BCUT2D eigenvalue weighted by Crippen LogP contribution is -2.40. The van der Waals surface area contributed by atoms with E-state index in [1.807, 2.05) is 11.9 Å². The van der Waals surface area contributed by atoms with Crippen molar-refractivity contribution >= 4 is 11.6 Å². The molecule has 1 unspecified atom stereocenters. The molecule has 1 aliphatic rings. The molecule has 0 spiro atoms. The van der Waals surface area contributed by atoms with Crippen LogP contribution in [0.25, 0.3) is 0 Å². The van der Waals surface area contributed by atoms with Crippen LogP contribution in [0.5, 0.6) is 0 Å². The van der Waals surface area contributed by atoms with Crippen molar-refractivity contribution in [3.63, 3.8) is 0 Å². The van der Waals surface area contributed by atoms with Crippen molar-refractivity contribution in [2.75, 3.05) is 25.4 Å². The molecule has 3 N–H and O–H groups in total. The van der Waals surface area contributed by atoms with Crippen LogP contribution in [0.3, 0.4) is 0 Å². The first-order chi connectivity index (χ1) is 8.61. The third kappa shape index (κ3) is 2.67. The maximum atomic E-state index is 12.4. The fraction of sp³-hybridized carbons (Fsp3) is 0.615. The molecule has 0 radical (unpaired) electrons. The van der Waals surface area contributed by atoms with Crippen molar-refractivity contribution in [1.82, 2.24) is 9.47 Å². The molecule has 0 aromatic carbocycles. The highest BCUT2D eigenvalue weighted by Gasteiger charge is 2.25. The third-order valence-electron chi connectivity index (χ3n) is 3.59. The second-order valence-corrected chi connectivity index (χ2v) is 5.04. The summed E-state index contributed by atoms with van der Waals surface area (Å²) in [4.78, 5) is 14.2. The highest BCUT2D eigenvalue weighted by atomic mass is 16.3. The predicted octanol–water partition coefficient (Wildman–Crippen LogP) is 0.842. The number of rotatable bonds is 3. The molecule has 5 nitrogen and oxygen atoms in total. The number of nitrogens with zero attached hydrogens (tertiary/aromatic N) is 2. The van der Waals surface area contributed by atoms with Gasteiger partial charge in [-0.25, -0.2) is 0 Å². The summed E-state index contributed by atoms with van der Waals surface area (Å²) in [5.74, 6) is 0.460. The largest absolute Gasteiger partial charge is 0.397 e. The number of carbonyl (C=O) groups is 1.